The van der Waals surface area contributed by atoms with Crippen LogP contribution in [-0.2, 0) is 24.9 Å². The molecular weight excluding hydrogens is 492 g/mol. The highest BCUT2D eigenvalue weighted by molar-refractivity contribution is 6.66. The number of rotatable bonds is 8. The molecule has 0 fully saturated rings. The van der Waals surface area contributed by atoms with Gasteiger partial charge in [0, 0.05) is 49.5 Å². The Balaban J connectivity index is 1.52. The number of hydrogen-bond acceptors (Lipinski definition) is 7. The minimum atomic E-state index is -0.592. The third-order valence-corrected chi connectivity index (χ3v) is 5.75. The molecule has 0 saturated carbocycles. The minimum absolute atomic E-state index is 0.217. The number of carbonyl (C=O) groups is 2. The molecule has 2 aromatic heterocycles. The van der Waals surface area contributed by atoms with Crippen LogP contribution in [0, 0.1) is 0 Å². The summed E-state index contributed by atoms with van der Waals surface area (Å²) in [5, 5.41) is 9.70. The zero-order chi connectivity index (χ0) is 25.8. The van der Waals surface area contributed by atoms with Crippen molar-refractivity contribution in [2.75, 3.05) is 15.5 Å². The first-order valence-electron chi connectivity index (χ1n) is 11.4. The van der Waals surface area contributed by atoms with Gasteiger partial charge in [-0.3, -0.25) is 9.48 Å². The minimum Gasteiger partial charge on any atom is -0.361 e. The summed E-state index contributed by atoms with van der Waals surface area (Å²) in [5.74, 6) is 0.832. The Kier molecular flexibility index (Phi) is 6.82. The SMILES string of the molecule is Cn1cc(Nc2ncc3c(n2)N(c2cccc(N/C=C/C(=O)Cl)c2)C(=O)N(Cc2ccccc2)C3)cn1. The van der Waals surface area contributed by atoms with E-state index in [2.05, 4.69) is 20.7 Å². The van der Waals surface area contributed by atoms with Crippen LogP contribution < -0.4 is 15.5 Å². The Bertz CT molecular complexity index is 1470. The van der Waals surface area contributed by atoms with Gasteiger partial charge in [-0.1, -0.05) is 36.4 Å². The van der Waals surface area contributed by atoms with Crippen LogP contribution in [0.5, 0.6) is 0 Å². The van der Waals surface area contributed by atoms with Crippen molar-refractivity contribution in [2.45, 2.75) is 13.1 Å². The van der Waals surface area contributed by atoms with Crippen molar-refractivity contribution in [3.8, 4) is 0 Å². The third-order valence-electron chi connectivity index (χ3n) is 5.62. The molecule has 2 aromatic carbocycles. The second-order valence-corrected chi connectivity index (χ2v) is 8.73. The maximum Gasteiger partial charge on any atom is 0.330 e. The summed E-state index contributed by atoms with van der Waals surface area (Å²) in [7, 11) is 1.82. The van der Waals surface area contributed by atoms with Crippen LogP contribution in [0.1, 0.15) is 11.1 Å². The Morgan fingerprint density at radius 3 is 2.70 bits per heavy atom. The lowest BCUT2D eigenvalue weighted by Gasteiger charge is -2.36. The van der Waals surface area contributed by atoms with E-state index >= 15 is 0 Å². The molecule has 3 heterocycles. The summed E-state index contributed by atoms with van der Waals surface area (Å²) in [5.41, 5.74) is 3.82. The van der Waals surface area contributed by atoms with E-state index in [0.29, 0.717) is 36.2 Å². The van der Waals surface area contributed by atoms with Crippen LogP contribution in [0.25, 0.3) is 0 Å². The van der Waals surface area contributed by atoms with Gasteiger partial charge >= 0.3 is 6.03 Å². The zero-order valence-electron chi connectivity index (χ0n) is 19.9. The standard InChI is InChI=1S/C26H23ClN8O2/c1-33-17-21(14-30-33)31-25-29-13-19-16-34(15-18-6-3-2-4-7-18)26(37)35(24(19)32-25)22-9-5-8-20(12-22)28-11-10-23(27)36/h2-14,17,28H,15-16H2,1H3,(H,29,31,32)/b11-10+. The number of aromatic nitrogens is 4. The molecule has 186 valence electrons. The van der Waals surface area contributed by atoms with Crippen LogP contribution in [0.2, 0.25) is 0 Å². The summed E-state index contributed by atoms with van der Waals surface area (Å²) in [6.07, 6.45) is 7.86. The van der Waals surface area contributed by atoms with Gasteiger partial charge in [0.15, 0.2) is 5.82 Å². The molecule has 5 rings (SSSR count). The van der Waals surface area contributed by atoms with Crippen molar-refractivity contribution in [2.24, 2.45) is 7.05 Å². The molecule has 4 aromatic rings. The first kappa shape index (κ1) is 24.0. The summed E-state index contributed by atoms with van der Waals surface area (Å²) in [4.78, 5) is 37.4. The molecule has 37 heavy (non-hydrogen) atoms. The summed E-state index contributed by atoms with van der Waals surface area (Å²) < 4.78 is 1.67. The molecule has 0 aliphatic carbocycles. The third kappa shape index (κ3) is 5.60. The van der Waals surface area contributed by atoms with E-state index in [1.165, 1.54) is 12.3 Å². The lowest BCUT2D eigenvalue weighted by atomic mass is 10.1. The summed E-state index contributed by atoms with van der Waals surface area (Å²) in [6, 6.07) is 16.8. The maximum absolute atomic E-state index is 13.8. The van der Waals surface area contributed by atoms with Gasteiger partial charge in [-0.2, -0.15) is 10.1 Å². The van der Waals surface area contributed by atoms with Gasteiger partial charge in [-0.05, 0) is 35.4 Å². The number of amides is 2. The van der Waals surface area contributed by atoms with Gasteiger partial charge in [-0.15, -0.1) is 0 Å². The molecule has 0 atom stereocenters. The topological polar surface area (TPSA) is 108 Å². The van der Waals surface area contributed by atoms with Crippen molar-refractivity contribution < 1.29 is 9.59 Å². The number of nitrogens with one attached hydrogen (secondary N) is 2. The van der Waals surface area contributed by atoms with E-state index in [-0.39, 0.29) is 6.03 Å². The van der Waals surface area contributed by atoms with Crippen molar-refractivity contribution in [3.63, 3.8) is 0 Å². The van der Waals surface area contributed by atoms with E-state index in [0.717, 1.165) is 16.8 Å². The number of halogens is 1. The molecule has 1 aliphatic heterocycles. The van der Waals surface area contributed by atoms with Crippen LogP contribution >= 0.6 is 11.6 Å². The number of carbonyl (C=O) groups excluding carboxylic acids is 2. The van der Waals surface area contributed by atoms with Crippen LogP contribution in [0.4, 0.5) is 33.6 Å². The highest BCUT2D eigenvalue weighted by Gasteiger charge is 2.33. The number of urea groups is 1. The van der Waals surface area contributed by atoms with Crippen molar-refractivity contribution in [1.82, 2.24) is 24.6 Å². The normalized spacial score (nSPS) is 13.1. The lowest BCUT2D eigenvalue weighted by molar-refractivity contribution is -0.107. The second-order valence-electron chi connectivity index (χ2n) is 8.36. The van der Waals surface area contributed by atoms with Crippen molar-refractivity contribution in [3.05, 3.63) is 96.6 Å². The van der Waals surface area contributed by atoms with Gasteiger partial charge < -0.3 is 15.5 Å². The molecule has 0 bridgehead atoms. The lowest BCUT2D eigenvalue weighted by Crippen LogP contribution is -2.45. The molecule has 0 radical (unpaired) electrons. The second kappa shape index (κ2) is 10.5. The van der Waals surface area contributed by atoms with Gasteiger partial charge in [0.25, 0.3) is 0 Å². The van der Waals surface area contributed by atoms with E-state index < -0.39 is 5.24 Å². The van der Waals surface area contributed by atoms with Crippen LogP contribution in [0.15, 0.2) is 85.5 Å². The average Bonchev–Trinajstić information content (AvgIpc) is 3.29. The van der Waals surface area contributed by atoms with E-state index in [9.17, 15) is 9.59 Å². The molecule has 10 nitrogen and oxygen atoms in total. The van der Waals surface area contributed by atoms with Gasteiger partial charge in [0.2, 0.25) is 11.2 Å². The van der Waals surface area contributed by atoms with Gasteiger partial charge in [-0.25, -0.2) is 14.7 Å². The number of allylic oxidation sites excluding steroid dienone is 1. The summed E-state index contributed by atoms with van der Waals surface area (Å²) in [6.45, 7) is 0.801. The quantitative estimate of drug-likeness (QED) is 0.254. The van der Waals surface area contributed by atoms with Crippen LogP contribution in [-0.4, -0.2) is 35.9 Å². The van der Waals surface area contributed by atoms with Gasteiger partial charge in [0.05, 0.1) is 24.1 Å². The monoisotopic (exact) mass is 514 g/mol. The fraction of sp³-hybridized carbons (Fsp3) is 0.115. The first-order valence-corrected chi connectivity index (χ1v) is 11.8. The predicted molar refractivity (Wildman–Crippen MR) is 142 cm³/mol. The number of hydrogen-bond donors (Lipinski definition) is 2. The number of aryl methyl sites for hydroxylation is 1. The number of nitrogens with zero attached hydrogens (tertiary/aromatic N) is 6. The predicted octanol–water partition coefficient (Wildman–Crippen LogP) is 4.92. The highest BCUT2D eigenvalue weighted by Crippen LogP contribution is 2.35. The molecule has 0 spiro atoms. The fourth-order valence-electron chi connectivity index (χ4n) is 3.98. The largest absolute Gasteiger partial charge is 0.361 e. The fourth-order valence-corrected chi connectivity index (χ4v) is 4.04. The molecule has 1 aliphatic rings. The number of benzene rings is 2. The molecular formula is C26H23ClN8O2. The average molecular weight is 515 g/mol. The zero-order valence-corrected chi connectivity index (χ0v) is 20.6. The van der Waals surface area contributed by atoms with Gasteiger partial charge in [0.1, 0.15) is 0 Å². The number of fused-ring (bicyclic) bond motifs is 1. The van der Waals surface area contributed by atoms with E-state index in [4.69, 9.17) is 16.6 Å². The molecule has 11 heteroatoms. The molecule has 0 saturated heterocycles. The maximum atomic E-state index is 13.8. The highest BCUT2D eigenvalue weighted by atomic mass is 35.5. The summed E-state index contributed by atoms with van der Waals surface area (Å²) >= 11 is 5.38. The van der Waals surface area contributed by atoms with Crippen molar-refractivity contribution in [1.29, 1.82) is 0 Å². The molecule has 2 N–H and O–H groups in total. The van der Waals surface area contributed by atoms with Crippen molar-refractivity contribution >= 4 is 51.7 Å². The van der Waals surface area contributed by atoms with E-state index in [1.807, 2.05) is 61.8 Å². The Hall–Kier alpha value is -4.70. The number of anilines is 5. The first-order chi connectivity index (χ1) is 18.0. The Morgan fingerprint density at radius 1 is 1.11 bits per heavy atom. The Morgan fingerprint density at radius 2 is 1.95 bits per heavy atom. The molecule has 2 amide bonds. The Labute approximate surface area is 218 Å². The molecule has 0 unspecified atom stereocenters. The van der Waals surface area contributed by atoms with E-state index in [1.54, 1.807) is 32.9 Å². The smallest absolute Gasteiger partial charge is 0.330 e. The van der Waals surface area contributed by atoms with Crippen LogP contribution in [0.3, 0.4) is 0 Å².